The van der Waals surface area contributed by atoms with Gasteiger partial charge in [0.05, 0.1) is 19.8 Å². The number of methoxy groups -OCH3 is 2. The molecule has 6 nitrogen and oxygen atoms in total. The second kappa shape index (κ2) is 9.10. The van der Waals surface area contributed by atoms with E-state index < -0.39 is 24.5 Å². The second-order valence-electron chi connectivity index (χ2n) is 5.31. The Labute approximate surface area is 156 Å². The number of Topliss-reactive ketones (excluding diaryl/α,β-unsaturated/α-hetero) is 1. The molecule has 2 aromatic rings. The molecule has 0 radical (unpaired) electrons. The van der Waals surface area contributed by atoms with E-state index >= 15 is 0 Å². The van der Waals surface area contributed by atoms with Crippen molar-refractivity contribution in [2.75, 3.05) is 20.8 Å². The predicted octanol–water partition coefficient (Wildman–Crippen LogP) is 3.55. The van der Waals surface area contributed by atoms with Crippen LogP contribution in [0.2, 0.25) is 5.02 Å². The van der Waals surface area contributed by atoms with Crippen molar-refractivity contribution in [1.82, 2.24) is 0 Å². The topological polar surface area (TPSA) is 71.1 Å². The predicted molar refractivity (Wildman–Crippen MR) is 96.4 cm³/mol. The number of carbonyl (C=O) groups excluding carboxylic acids is 2. The van der Waals surface area contributed by atoms with Crippen LogP contribution in [0.25, 0.3) is 0 Å². The molecule has 2 rings (SSSR count). The number of hydrogen-bond donors (Lipinski definition) is 0. The van der Waals surface area contributed by atoms with E-state index in [1.165, 1.54) is 21.1 Å². The molecule has 7 heteroatoms. The average Bonchev–Trinajstić information content (AvgIpc) is 2.66. The van der Waals surface area contributed by atoms with Crippen molar-refractivity contribution in [2.24, 2.45) is 0 Å². The van der Waals surface area contributed by atoms with E-state index in [2.05, 4.69) is 0 Å². The highest BCUT2D eigenvalue weighted by atomic mass is 35.5. The molecule has 0 amide bonds. The lowest BCUT2D eigenvalue weighted by Crippen LogP contribution is -2.28. The van der Waals surface area contributed by atoms with Crippen LogP contribution >= 0.6 is 11.6 Å². The molecule has 1 unspecified atom stereocenters. The monoisotopic (exact) mass is 378 g/mol. The number of ether oxygens (including phenoxy) is 4. The Morgan fingerprint density at radius 2 is 1.65 bits per heavy atom. The summed E-state index contributed by atoms with van der Waals surface area (Å²) in [6.45, 7) is 1.12. The summed E-state index contributed by atoms with van der Waals surface area (Å²) in [4.78, 5) is 24.3. The molecule has 0 aliphatic rings. The Bertz CT molecular complexity index is 772. The van der Waals surface area contributed by atoms with Crippen molar-refractivity contribution in [3.8, 4) is 17.2 Å². The highest BCUT2D eigenvalue weighted by molar-refractivity contribution is 6.30. The van der Waals surface area contributed by atoms with Gasteiger partial charge in [-0.3, -0.25) is 4.79 Å². The van der Waals surface area contributed by atoms with Crippen LogP contribution in [0.4, 0.5) is 0 Å². The van der Waals surface area contributed by atoms with Gasteiger partial charge in [0.15, 0.2) is 12.7 Å². The fraction of sp³-hybridized carbons (Fsp3) is 0.263. The first-order valence-corrected chi connectivity index (χ1v) is 8.16. The van der Waals surface area contributed by atoms with Gasteiger partial charge in [0.1, 0.15) is 17.2 Å². The summed E-state index contributed by atoms with van der Waals surface area (Å²) < 4.78 is 20.8. The maximum atomic E-state index is 12.3. The summed E-state index contributed by atoms with van der Waals surface area (Å²) in [5.74, 6) is 0.329. The lowest BCUT2D eigenvalue weighted by atomic mass is 10.1. The second-order valence-corrected chi connectivity index (χ2v) is 5.75. The van der Waals surface area contributed by atoms with Crippen LogP contribution in [-0.4, -0.2) is 38.7 Å². The summed E-state index contributed by atoms with van der Waals surface area (Å²) in [6.07, 6.45) is -0.873. The highest BCUT2D eigenvalue weighted by Gasteiger charge is 2.20. The van der Waals surface area contributed by atoms with Gasteiger partial charge in [0.2, 0.25) is 5.78 Å². The highest BCUT2D eigenvalue weighted by Crippen LogP contribution is 2.25. The van der Waals surface area contributed by atoms with Crippen LogP contribution in [0, 0.1) is 0 Å². The largest absolute Gasteiger partial charge is 0.497 e. The van der Waals surface area contributed by atoms with Gasteiger partial charge in [-0.05, 0) is 43.3 Å². The maximum Gasteiger partial charge on any atom is 0.347 e. The zero-order valence-corrected chi connectivity index (χ0v) is 15.4. The summed E-state index contributed by atoms with van der Waals surface area (Å²) >= 11 is 5.79. The minimum atomic E-state index is -0.873. The molecule has 26 heavy (non-hydrogen) atoms. The van der Waals surface area contributed by atoms with E-state index in [4.69, 9.17) is 30.5 Å². The molecule has 0 bridgehead atoms. The fourth-order valence-corrected chi connectivity index (χ4v) is 2.25. The SMILES string of the molecule is COc1ccc(C(=O)COC(=O)C(C)Oc2ccc(Cl)cc2)c(OC)c1. The van der Waals surface area contributed by atoms with Crippen LogP contribution in [0.3, 0.4) is 0 Å². The van der Waals surface area contributed by atoms with E-state index in [9.17, 15) is 9.59 Å². The zero-order chi connectivity index (χ0) is 19.1. The number of benzene rings is 2. The Kier molecular flexibility index (Phi) is 6.86. The van der Waals surface area contributed by atoms with Gasteiger partial charge >= 0.3 is 5.97 Å². The van der Waals surface area contributed by atoms with Gasteiger partial charge in [0, 0.05) is 11.1 Å². The van der Waals surface area contributed by atoms with E-state index in [1.807, 2.05) is 0 Å². The lowest BCUT2D eigenvalue weighted by molar-refractivity contribution is -0.149. The van der Waals surface area contributed by atoms with Crippen LogP contribution in [0.5, 0.6) is 17.2 Å². The molecule has 0 spiro atoms. The molecule has 0 aromatic heterocycles. The van der Waals surface area contributed by atoms with Crippen molar-refractivity contribution in [2.45, 2.75) is 13.0 Å². The third kappa shape index (κ3) is 5.13. The molecule has 2 aromatic carbocycles. The fourth-order valence-electron chi connectivity index (χ4n) is 2.13. The molecular formula is C19H19ClO6. The third-order valence-electron chi connectivity index (χ3n) is 3.51. The normalized spacial score (nSPS) is 11.4. The van der Waals surface area contributed by atoms with Gasteiger partial charge in [-0.2, -0.15) is 0 Å². The van der Waals surface area contributed by atoms with E-state index in [1.54, 1.807) is 42.5 Å². The summed E-state index contributed by atoms with van der Waals surface area (Å²) in [5, 5.41) is 0.562. The van der Waals surface area contributed by atoms with Crippen LogP contribution in [0.15, 0.2) is 42.5 Å². The van der Waals surface area contributed by atoms with Crippen molar-refractivity contribution in [3.63, 3.8) is 0 Å². The number of halogens is 1. The number of ketones is 1. The average molecular weight is 379 g/mol. The van der Waals surface area contributed by atoms with Gasteiger partial charge in [-0.25, -0.2) is 4.79 Å². The van der Waals surface area contributed by atoms with Crippen molar-refractivity contribution in [1.29, 1.82) is 0 Å². The Morgan fingerprint density at radius 1 is 1.00 bits per heavy atom. The van der Waals surface area contributed by atoms with Gasteiger partial charge in [0.25, 0.3) is 0 Å². The zero-order valence-electron chi connectivity index (χ0n) is 14.7. The van der Waals surface area contributed by atoms with Crippen molar-refractivity contribution in [3.05, 3.63) is 53.1 Å². The van der Waals surface area contributed by atoms with Crippen LogP contribution in [-0.2, 0) is 9.53 Å². The van der Waals surface area contributed by atoms with Gasteiger partial charge < -0.3 is 18.9 Å². The lowest BCUT2D eigenvalue weighted by Gasteiger charge is -2.14. The number of hydrogen-bond acceptors (Lipinski definition) is 6. The summed E-state index contributed by atoms with van der Waals surface area (Å²) in [7, 11) is 2.96. The van der Waals surface area contributed by atoms with Crippen molar-refractivity contribution >= 4 is 23.4 Å². The van der Waals surface area contributed by atoms with E-state index in [0.29, 0.717) is 27.8 Å². The molecular weight excluding hydrogens is 360 g/mol. The number of esters is 1. The van der Waals surface area contributed by atoms with Gasteiger partial charge in [-0.1, -0.05) is 11.6 Å². The van der Waals surface area contributed by atoms with Crippen LogP contribution < -0.4 is 14.2 Å². The Balaban J connectivity index is 1.93. The Morgan fingerprint density at radius 3 is 2.27 bits per heavy atom. The summed E-state index contributed by atoms with van der Waals surface area (Å²) in [5.41, 5.74) is 0.298. The first kappa shape index (κ1) is 19.6. The molecule has 138 valence electrons. The maximum absolute atomic E-state index is 12.3. The molecule has 0 fully saturated rings. The smallest absolute Gasteiger partial charge is 0.347 e. The minimum absolute atomic E-state index is 0.298. The molecule has 1 atom stereocenters. The molecule has 0 heterocycles. The molecule has 0 N–H and O–H groups in total. The quantitative estimate of drug-likeness (QED) is 0.516. The molecule has 0 aliphatic heterocycles. The first-order valence-electron chi connectivity index (χ1n) is 7.78. The van der Waals surface area contributed by atoms with E-state index in [0.717, 1.165) is 0 Å². The van der Waals surface area contributed by atoms with Crippen molar-refractivity contribution < 1.29 is 28.5 Å². The standard InChI is InChI=1S/C19H19ClO6/c1-12(26-14-6-4-13(20)5-7-14)19(22)25-11-17(21)16-9-8-15(23-2)10-18(16)24-3/h4-10,12H,11H2,1-3H3. The first-order chi connectivity index (χ1) is 12.4. The Hall–Kier alpha value is -2.73. The van der Waals surface area contributed by atoms with Crippen LogP contribution in [0.1, 0.15) is 17.3 Å². The van der Waals surface area contributed by atoms with Gasteiger partial charge in [-0.15, -0.1) is 0 Å². The number of rotatable bonds is 8. The number of carbonyl (C=O) groups is 2. The third-order valence-corrected chi connectivity index (χ3v) is 3.77. The molecule has 0 saturated carbocycles. The molecule has 0 aliphatic carbocycles. The van der Waals surface area contributed by atoms with E-state index in [-0.39, 0.29) is 0 Å². The minimum Gasteiger partial charge on any atom is -0.497 e. The summed E-state index contributed by atoms with van der Waals surface area (Å²) in [6, 6.07) is 11.3. The molecule has 0 saturated heterocycles.